The van der Waals surface area contributed by atoms with Gasteiger partial charge in [-0.05, 0) is 67.4 Å². The summed E-state index contributed by atoms with van der Waals surface area (Å²) in [5.41, 5.74) is 2.89. The average Bonchev–Trinajstić information content (AvgIpc) is 2.84. The highest BCUT2D eigenvalue weighted by Gasteiger charge is 2.23. The molecule has 0 heterocycles. The summed E-state index contributed by atoms with van der Waals surface area (Å²) in [6, 6.07) is 17.6. The number of esters is 1. The maximum absolute atomic E-state index is 13.1. The summed E-state index contributed by atoms with van der Waals surface area (Å²) < 4.78 is 37.5. The molecule has 1 N–H and O–H groups in total. The molecule has 0 bridgehead atoms. The molecule has 0 unspecified atom stereocenters. The number of rotatable bonds is 8. The quantitative estimate of drug-likeness (QED) is 0.488. The van der Waals surface area contributed by atoms with Crippen molar-refractivity contribution in [3.8, 4) is 5.75 Å². The van der Waals surface area contributed by atoms with Gasteiger partial charge < -0.3 is 14.8 Å². The molecule has 0 saturated carbocycles. The first-order chi connectivity index (χ1) is 16.1. The van der Waals surface area contributed by atoms with Crippen LogP contribution in [0.15, 0.2) is 71.6 Å². The standard InChI is InChI=1S/C25H26N2O6S/c1-17-7-5-8-18(2)24(17)26-23(28)16-33-25(29)19-9-6-10-22(15-19)34(30,31)27(3)20-11-13-21(32-4)14-12-20/h5-15H,16H2,1-4H3,(H,26,28). The minimum Gasteiger partial charge on any atom is -0.497 e. The van der Waals surface area contributed by atoms with E-state index in [4.69, 9.17) is 9.47 Å². The van der Waals surface area contributed by atoms with Crippen molar-refractivity contribution in [3.63, 3.8) is 0 Å². The zero-order chi connectivity index (χ0) is 24.9. The molecule has 34 heavy (non-hydrogen) atoms. The van der Waals surface area contributed by atoms with Crippen molar-refractivity contribution in [2.24, 2.45) is 0 Å². The van der Waals surface area contributed by atoms with Crippen LogP contribution in [0.2, 0.25) is 0 Å². The Labute approximate surface area is 199 Å². The van der Waals surface area contributed by atoms with Gasteiger partial charge in [0.25, 0.3) is 15.9 Å². The van der Waals surface area contributed by atoms with Crippen LogP contribution in [0.3, 0.4) is 0 Å². The summed E-state index contributed by atoms with van der Waals surface area (Å²) in [5, 5.41) is 2.73. The van der Waals surface area contributed by atoms with Crippen molar-refractivity contribution in [1.82, 2.24) is 0 Å². The van der Waals surface area contributed by atoms with E-state index in [2.05, 4.69) is 5.32 Å². The summed E-state index contributed by atoms with van der Waals surface area (Å²) in [6.07, 6.45) is 0. The number of para-hydroxylation sites is 1. The van der Waals surface area contributed by atoms with Crippen molar-refractivity contribution in [2.75, 3.05) is 30.4 Å². The Morgan fingerprint density at radius 2 is 1.56 bits per heavy atom. The number of benzene rings is 3. The normalized spacial score (nSPS) is 10.9. The van der Waals surface area contributed by atoms with E-state index in [-0.39, 0.29) is 10.5 Å². The monoisotopic (exact) mass is 482 g/mol. The lowest BCUT2D eigenvalue weighted by Gasteiger charge is -2.20. The number of hydrogen-bond acceptors (Lipinski definition) is 6. The number of aryl methyl sites for hydroxylation is 2. The van der Waals surface area contributed by atoms with Crippen LogP contribution in [0.1, 0.15) is 21.5 Å². The third-order valence-corrected chi connectivity index (χ3v) is 7.03. The van der Waals surface area contributed by atoms with E-state index in [1.165, 1.54) is 38.4 Å². The second-order valence-corrected chi connectivity index (χ2v) is 9.56. The van der Waals surface area contributed by atoms with Crippen molar-refractivity contribution >= 4 is 33.3 Å². The molecule has 178 valence electrons. The van der Waals surface area contributed by atoms with Gasteiger partial charge in [0.05, 0.1) is 23.3 Å². The first-order valence-electron chi connectivity index (χ1n) is 10.4. The molecule has 0 aliphatic heterocycles. The molecule has 0 atom stereocenters. The lowest BCUT2D eigenvalue weighted by molar-refractivity contribution is -0.119. The van der Waals surface area contributed by atoms with Crippen LogP contribution in [0.5, 0.6) is 5.75 Å². The van der Waals surface area contributed by atoms with Crippen LogP contribution < -0.4 is 14.4 Å². The second-order valence-electron chi connectivity index (χ2n) is 7.59. The smallest absolute Gasteiger partial charge is 0.338 e. The number of methoxy groups -OCH3 is 1. The van der Waals surface area contributed by atoms with Gasteiger partial charge in [-0.15, -0.1) is 0 Å². The third kappa shape index (κ3) is 5.55. The highest BCUT2D eigenvalue weighted by Crippen LogP contribution is 2.25. The van der Waals surface area contributed by atoms with Gasteiger partial charge in [0.2, 0.25) is 0 Å². The van der Waals surface area contributed by atoms with E-state index in [9.17, 15) is 18.0 Å². The molecule has 0 aliphatic rings. The Balaban J connectivity index is 1.70. The van der Waals surface area contributed by atoms with E-state index in [1.807, 2.05) is 32.0 Å². The Hall–Kier alpha value is -3.85. The summed E-state index contributed by atoms with van der Waals surface area (Å²) in [4.78, 5) is 24.7. The molecular formula is C25H26N2O6S. The fraction of sp³-hybridized carbons (Fsp3) is 0.200. The van der Waals surface area contributed by atoms with Gasteiger partial charge in [0, 0.05) is 12.7 Å². The number of ether oxygens (including phenoxy) is 2. The topological polar surface area (TPSA) is 102 Å². The van der Waals surface area contributed by atoms with Crippen LogP contribution >= 0.6 is 0 Å². The highest BCUT2D eigenvalue weighted by atomic mass is 32.2. The molecule has 1 amide bonds. The van der Waals surface area contributed by atoms with Gasteiger partial charge in [0.1, 0.15) is 5.75 Å². The summed E-state index contributed by atoms with van der Waals surface area (Å²) in [7, 11) is -1.01. The van der Waals surface area contributed by atoms with E-state index in [0.29, 0.717) is 17.1 Å². The van der Waals surface area contributed by atoms with Crippen molar-refractivity contribution < 1.29 is 27.5 Å². The van der Waals surface area contributed by atoms with Crippen LogP contribution in [0.25, 0.3) is 0 Å². The zero-order valence-electron chi connectivity index (χ0n) is 19.4. The molecule has 0 saturated heterocycles. The van der Waals surface area contributed by atoms with Crippen LogP contribution in [-0.2, 0) is 19.6 Å². The highest BCUT2D eigenvalue weighted by molar-refractivity contribution is 7.92. The van der Waals surface area contributed by atoms with Gasteiger partial charge in [-0.3, -0.25) is 9.10 Å². The summed E-state index contributed by atoms with van der Waals surface area (Å²) in [5.74, 6) is -0.699. The van der Waals surface area contributed by atoms with Gasteiger partial charge in [-0.2, -0.15) is 0 Å². The van der Waals surface area contributed by atoms with Crippen molar-refractivity contribution in [1.29, 1.82) is 0 Å². The Morgan fingerprint density at radius 3 is 2.18 bits per heavy atom. The van der Waals surface area contributed by atoms with Gasteiger partial charge in [0.15, 0.2) is 6.61 Å². The predicted octanol–water partition coefficient (Wildman–Crippen LogP) is 3.93. The van der Waals surface area contributed by atoms with Gasteiger partial charge >= 0.3 is 5.97 Å². The number of amides is 1. The van der Waals surface area contributed by atoms with Crippen molar-refractivity contribution in [3.05, 3.63) is 83.4 Å². The van der Waals surface area contributed by atoms with E-state index in [1.54, 1.807) is 24.3 Å². The Bertz CT molecular complexity index is 1280. The lowest BCUT2D eigenvalue weighted by atomic mass is 10.1. The molecule has 0 spiro atoms. The Kier molecular flexibility index (Phi) is 7.57. The molecule has 3 rings (SSSR count). The number of carbonyl (C=O) groups excluding carboxylic acids is 2. The molecule has 8 nitrogen and oxygen atoms in total. The first kappa shape index (κ1) is 24.8. The fourth-order valence-electron chi connectivity index (χ4n) is 3.27. The molecule has 0 radical (unpaired) electrons. The molecule has 0 fully saturated rings. The number of anilines is 2. The number of carbonyl (C=O) groups is 2. The maximum atomic E-state index is 13.1. The zero-order valence-corrected chi connectivity index (χ0v) is 20.2. The first-order valence-corrected chi connectivity index (χ1v) is 11.8. The summed E-state index contributed by atoms with van der Waals surface area (Å²) in [6.45, 7) is 3.22. The molecule has 0 aliphatic carbocycles. The van der Waals surface area contributed by atoms with Crippen LogP contribution in [0.4, 0.5) is 11.4 Å². The van der Waals surface area contributed by atoms with Gasteiger partial charge in [-0.25, -0.2) is 13.2 Å². The predicted molar refractivity (Wildman–Crippen MR) is 130 cm³/mol. The number of nitrogens with one attached hydrogen (secondary N) is 1. The fourth-order valence-corrected chi connectivity index (χ4v) is 4.52. The maximum Gasteiger partial charge on any atom is 0.338 e. The average molecular weight is 483 g/mol. The number of nitrogens with zero attached hydrogens (tertiary/aromatic N) is 1. The largest absolute Gasteiger partial charge is 0.497 e. The molecular weight excluding hydrogens is 456 g/mol. The lowest BCUT2D eigenvalue weighted by Crippen LogP contribution is -2.27. The minimum atomic E-state index is -3.94. The minimum absolute atomic E-state index is 0.0177. The van der Waals surface area contributed by atoms with Crippen molar-refractivity contribution in [2.45, 2.75) is 18.7 Å². The van der Waals surface area contributed by atoms with E-state index in [0.717, 1.165) is 15.4 Å². The van der Waals surface area contributed by atoms with Gasteiger partial charge in [-0.1, -0.05) is 24.3 Å². The second kappa shape index (κ2) is 10.4. The van der Waals surface area contributed by atoms with Crippen LogP contribution in [-0.4, -0.2) is 41.1 Å². The molecule has 0 aromatic heterocycles. The molecule has 9 heteroatoms. The van der Waals surface area contributed by atoms with E-state index >= 15 is 0 Å². The summed E-state index contributed by atoms with van der Waals surface area (Å²) >= 11 is 0. The molecule has 3 aromatic carbocycles. The third-order valence-electron chi connectivity index (χ3n) is 5.24. The molecule has 3 aromatic rings. The number of hydrogen-bond donors (Lipinski definition) is 1. The van der Waals surface area contributed by atoms with Crippen LogP contribution in [0, 0.1) is 13.8 Å². The number of sulfonamides is 1. The SMILES string of the molecule is COc1ccc(N(C)S(=O)(=O)c2cccc(C(=O)OCC(=O)Nc3c(C)cccc3C)c2)cc1. The van der Waals surface area contributed by atoms with E-state index < -0.39 is 28.5 Å². The Morgan fingerprint density at radius 1 is 0.941 bits per heavy atom.